The maximum atomic E-state index is 8.70. The van der Waals surface area contributed by atoms with Gasteiger partial charge in [0.15, 0.2) is 0 Å². The number of hydrogen-bond acceptors (Lipinski definition) is 2. The van der Waals surface area contributed by atoms with Gasteiger partial charge in [-0.15, -0.1) is 0 Å². The van der Waals surface area contributed by atoms with E-state index < -0.39 is 0 Å². The van der Waals surface area contributed by atoms with Crippen molar-refractivity contribution in [3.8, 4) is 6.07 Å². The van der Waals surface area contributed by atoms with E-state index in [1.165, 1.54) is 18.4 Å². The zero-order valence-corrected chi connectivity index (χ0v) is 8.59. The van der Waals surface area contributed by atoms with Crippen LogP contribution in [-0.2, 0) is 6.54 Å². The number of nitriles is 1. The van der Waals surface area contributed by atoms with Crippen LogP contribution >= 0.6 is 0 Å². The minimum absolute atomic E-state index is 0.736. The number of hydrogen-bond donors (Lipinski definition) is 1. The van der Waals surface area contributed by atoms with E-state index in [-0.39, 0.29) is 0 Å². The van der Waals surface area contributed by atoms with Crippen molar-refractivity contribution in [1.29, 1.82) is 5.26 Å². The van der Waals surface area contributed by atoms with E-state index in [4.69, 9.17) is 5.26 Å². The van der Waals surface area contributed by atoms with Gasteiger partial charge in [0.25, 0.3) is 0 Å². The van der Waals surface area contributed by atoms with E-state index in [1.807, 2.05) is 24.3 Å². The molecule has 1 N–H and O–H groups in total. The average Bonchev–Trinajstić information content (AvgIpc) is 2.25. The van der Waals surface area contributed by atoms with E-state index in [0.29, 0.717) is 0 Å². The number of benzene rings is 1. The molecular formula is C12H16N2. The Kier molecular flexibility index (Phi) is 4.74. The first kappa shape index (κ1) is 10.7. The summed E-state index contributed by atoms with van der Waals surface area (Å²) in [5, 5.41) is 12.0. The van der Waals surface area contributed by atoms with Gasteiger partial charge in [0.2, 0.25) is 0 Å². The quantitative estimate of drug-likeness (QED) is 0.720. The third-order valence-corrected chi connectivity index (χ3v) is 2.09. The molecule has 0 unspecified atom stereocenters. The van der Waals surface area contributed by atoms with Gasteiger partial charge in [-0.3, -0.25) is 0 Å². The molecule has 2 nitrogen and oxygen atoms in total. The number of nitrogens with one attached hydrogen (secondary N) is 1. The molecule has 0 aromatic heterocycles. The molecule has 0 saturated heterocycles. The Morgan fingerprint density at radius 3 is 3.00 bits per heavy atom. The van der Waals surface area contributed by atoms with Gasteiger partial charge in [-0.2, -0.15) is 5.26 Å². The molecule has 2 heteroatoms. The second-order valence-corrected chi connectivity index (χ2v) is 3.34. The molecule has 1 rings (SSSR count). The number of unbranched alkanes of at least 4 members (excludes halogenated alkanes) is 1. The van der Waals surface area contributed by atoms with Crippen LogP contribution in [0.15, 0.2) is 24.3 Å². The molecule has 0 atom stereocenters. The second kappa shape index (κ2) is 6.17. The van der Waals surface area contributed by atoms with Crippen molar-refractivity contribution in [3.05, 3.63) is 35.4 Å². The Hall–Kier alpha value is -1.33. The number of rotatable bonds is 5. The standard InChI is InChI=1S/C12H16N2/c1-2-3-7-14-10-12-6-4-5-11(8-12)9-13/h4-6,8,14H,2-3,7,10H2,1H3. The van der Waals surface area contributed by atoms with E-state index in [2.05, 4.69) is 18.3 Å². The molecule has 74 valence electrons. The van der Waals surface area contributed by atoms with Crippen molar-refractivity contribution in [2.75, 3.05) is 6.54 Å². The molecule has 0 saturated carbocycles. The summed E-state index contributed by atoms with van der Waals surface area (Å²) >= 11 is 0. The average molecular weight is 188 g/mol. The van der Waals surface area contributed by atoms with Crippen molar-refractivity contribution in [2.45, 2.75) is 26.3 Å². The van der Waals surface area contributed by atoms with Crippen LogP contribution in [0.1, 0.15) is 30.9 Å². The molecule has 0 spiro atoms. The molecule has 14 heavy (non-hydrogen) atoms. The maximum Gasteiger partial charge on any atom is 0.0991 e. The summed E-state index contributed by atoms with van der Waals surface area (Å²) in [7, 11) is 0. The first-order valence-corrected chi connectivity index (χ1v) is 5.06. The third-order valence-electron chi connectivity index (χ3n) is 2.09. The lowest BCUT2D eigenvalue weighted by molar-refractivity contribution is 0.641. The Balaban J connectivity index is 2.39. The van der Waals surface area contributed by atoms with Crippen molar-refractivity contribution in [3.63, 3.8) is 0 Å². The van der Waals surface area contributed by atoms with Crippen molar-refractivity contribution < 1.29 is 0 Å². The highest BCUT2D eigenvalue weighted by atomic mass is 14.8. The van der Waals surface area contributed by atoms with Crippen LogP contribution in [0.3, 0.4) is 0 Å². The lowest BCUT2D eigenvalue weighted by Gasteiger charge is -2.03. The Labute approximate surface area is 85.6 Å². The molecule has 0 aliphatic rings. The predicted octanol–water partition coefficient (Wildman–Crippen LogP) is 2.45. The first-order valence-electron chi connectivity index (χ1n) is 5.06. The molecule has 0 aliphatic carbocycles. The molecule has 1 aromatic rings. The minimum Gasteiger partial charge on any atom is -0.313 e. The maximum absolute atomic E-state index is 8.70. The minimum atomic E-state index is 0.736. The molecule has 0 bridgehead atoms. The SMILES string of the molecule is CCCCNCc1cccc(C#N)c1. The van der Waals surface area contributed by atoms with Gasteiger partial charge in [-0.1, -0.05) is 25.5 Å². The fourth-order valence-electron chi connectivity index (χ4n) is 1.29. The molecule has 0 heterocycles. The van der Waals surface area contributed by atoms with Gasteiger partial charge >= 0.3 is 0 Å². The largest absolute Gasteiger partial charge is 0.313 e. The van der Waals surface area contributed by atoms with E-state index in [1.54, 1.807) is 0 Å². The molecular weight excluding hydrogens is 172 g/mol. The summed E-state index contributed by atoms with van der Waals surface area (Å²) in [6, 6.07) is 9.87. The van der Waals surface area contributed by atoms with Gasteiger partial charge < -0.3 is 5.32 Å². The normalized spacial score (nSPS) is 9.71. The van der Waals surface area contributed by atoms with Crippen LogP contribution in [0.5, 0.6) is 0 Å². The summed E-state index contributed by atoms with van der Waals surface area (Å²) < 4.78 is 0. The lowest BCUT2D eigenvalue weighted by atomic mass is 10.1. The zero-order chi connectivity index (χ0) is 10.2. The van der Waals surface area contributed by atoms with Gasteiger partial charge in [0.05, 0.1) is 11.6 Å². The van der Waals surface area contributed by atoms with Gasteiger partial charge in [-0.05, 0) is 30.7 Å². The summed E-state index contributed by atoms with van der Waals surface area (Å²) in [4.78, 5) is 0. The Bertz CT molecular complexity index is 312. The van der Waals surface area contributed by atoms with Gasteiger partial charge in [0, 0.05) is 6.54 Å². The molecule has 1 aromatic carbocycles. The number of nitrogens with zero attached hydrogens (tertiary/aromatic N) is 1. The first-order chi connectivity index (χ1) is 6.86. The molecule has 0 radical (unpaired) electrons. The van der Waals surface area contributed by atoms with E-state index >= 15 is 0 Å². The van der Waals surface area contributed by atoms with Crippen LogP contribution in [-0.4, -0.2) is 6.54 Å². The Morgan fingerprint density at radius 1 is 1.43 bits per heavy atom. The van der Waals surface area contributed by atoms with Crippen LogP contribution in [0.25, 0.3) is 0 Å². The highest BCUT2D eigenvalue weighted by Gasteiger charge is 1.94. The fraction of sp³-hybridized carbons (Fsp3) is 0.417. The molecule has 0 fully saturated rings. The fourth-order valence-corrected chi connectivity index (χ4v) is 1.29. The smallest absolute Gasteiger partial charge is 0.0991 e. The zero-order valence-electron chi connectivity index (χ0n) is 8.59. The van der Waals surface area contributed by atoms with Gasteiger partial charge in [-0.25, -0.2) is 0 Å². The lowest BCUT2D eigenvalue weighted by Crippen LogP contribution is -2.14. The van der Waals surface area contributed by atoms with E-state index in [9.17, 15) is 0 Å². The monoisotopic (exact) mass is 188 g/mol. The predicted molar refractivity (Wildman–Crippen MR) is 57.8 cm³/mol. The van der Waals surface area contributed by atoms with Crippen LogP contribution in [0.2, 0.25) is 0 Å². The van der Waals surface area contributed by atoms with Crippen LogP contribution in [0, 0.1) is 11.3 Å². The highest BCUT2D eigenvalue weighted by Crippen LogP contribution is 2.03. The van der Waals surface area contributed by atoms with Crippen molar-refractivity contribution >= 4 is 0 Å². The summed E-state index contributed by atoms with van der Waals surface area (Å²) in [5.41, 5.74) is 1.92. The second-order valence-electron chi connectivity index (χ2n) is 3.34. The van der Waals surface area contributed by atoms with Crippen molar-refractivity contribution in [2.24, 2.45) is 0 Å². The van der Waals surface area contributed by atoms with Gasteiger partial charge in [0.1, 0.15) is 0 Å². The molecule has 0 aliphatic heterocycles. The highest BCUT2D eigenvalue weighted by molar-refractivity contribution is 5.32. The summed E-state index contributed by atoms with van der Waals surface area (Å²) in [6.45, 7) is 4.08. The van der Waals surface area contributed by atoms with Crippen LogP contribution in [0.4, 0.5) is 0 Å². The summed E-state index contributed by atoms with van der Waals surface area (Å²) in [5.74, 6) is 0. The Morgan fingerprint density at radius 2 is 2.29 bits per heavy atom. The third kappa shape index (κ3) is 3.59. The van der Waals surface area contributed by atoms with Crippen molar-refractivity contribution in [1.82, 2.24) is 5.32 Å². The van der Waals surface area contributed by atoms with Crippen LogP contribution < -0.4 is 5.32 Å². The molecule has 0 amide bonds. The topological polar surface area (TPSA) is 35.8 Å². The van der Waals surface area contributed by atoms with E-state index in [0.717, 1.165) is 18.7 Å². The summed E-state index contributed by atoms with van der Waals surface area (Å²) in [6.07, 6.45) is 2.42.